The second kappa shape index (κ2) is 14.1. The zero-order chi connectivity index (χ0) is 17.7. The van der Waals surface area contributed by atoms with Crippen LogP contribution in [0.25, 0.3) is 0 Å². The molecule has 0 aliphatic carbocycles. The number of methoxy groups -OCH3 is 3. The van der Waals surface area contributed by atoms with Crippen LogP contribution in [0, 0.1) is 22.3 Å². The van der Waals surface area contributed by atoms with Crippen molar-refractivity contribution in [1.82, 2.24) is 0 Å². The Bertz CT molecular complexity index is 720. The van der Waals surface area contributed by atoms with Crippen molar-refractivity contribution in [3.05, 3.63) is 63.7 Å². The van der Waals surface area contributed by atoms with Crippen LogP contribution in [0.5, 0.6) is 23.0 Å². The van der Waals surface area contributed by atoms with Crippen LogP contribution in [0.1, 0.15) is 30.9 Å². The van der Waals surface area contributed by atoms with Crippen molar-refractivity contribution >= 4 is 11.9 Å². The van der Waals surface area contributed by atoms with Crippen molar-refractivity contribution in [2.24, 2.45) is 4.99 Å². The Hall–Kier alpha value is -1.98. The number of phenolic OH excluding ortho intramolecular Hbond substituents is 1. The molecule has 0 saturated heterocycles. The van der Waals surface area contributed by atoms with Crippen molar-refractivity contribution < 1.29 is 41.0 Å². The number of aromatic hydroxyl groups is 1. The van der Waals surface area contributed by atoms with E-state index in [1.54, 1.807) is 45.7 Å². The van der Waals surface area contributed by atoms with E-state index < -0.39 is 0 Å². The van der Waals surface area contributed by atoms with Crippen molar-refractivity contribution in [2.45, 2.75) is 19.8 Å². The summed E-state index contributed by atoms with van der Waals surface area (Å²) in [5.41, 5.74) is 2.17. The van der Waals surface area contributed by atoms with Gasteiger partial charge in [-0.2, -0.15) is 0 Å². The first-order chi connectivity index (χ1) is 11.5. The van der Waals surface area contributed by atoms with Gasteiger partial charge in [0, 0.05) is 11.8 Å². The maximum atomic E-state index is 10.3. The van der Waals surface area contributed by atoms with Crippen LogP contribution in [-0.2, 0) is 21.7 Å². The molecule has 2 aromatic rings. The molecular formula is C22H32NO4Ti. The first-order valence-electron chi connectivity index (χ1n) is 7.67. The van der Waals surface area contributed by atoms with Gasteiger partial charge in [0.05, 0.1) is 21.3 Å². The molecular weight excluding hydrogens is 390 g/mol. The van der Waals surface area contributed by atoms with Gasteiger partial charge in [-0.1, -0.05) is 26.0 Å². The average molecular weight is 422 g/mol. The van der Waals surface area contributed by atoms with Gasteiger partial charge in [0.25, 0.3) is 0 Å². The van der Waals surface area contributed by atoms with E-state index in [0.29, 0.717) is 22.9 Å². The van der Waals surface area contributed by atoms with Gasteiger partial charge in [-0.05, 0) is 29.7 Å². The van der Waals surface area contributed by atoms with Crippen LogP contribution in [0.4, 0.5) is 5.69 Å². The molecule has 6 heteroatoms. The Morgan fingerprint density at radius 2 is 1.46 bits per heavy atom. The predicted molar refractivity (Wildman–Crippen MR) is 115 cm³/mol. The standard InChI is InChI=1S/C19H23NO4.3CH3.Ti/c1-12(2)14-7-6-8-15(18(14)21)20-11-13-9-16(22-3)19(24-5)17(10-13)23-4;;;;/h6-12,21H,1-5H3;3*1H3;/q;3*-1;+3. The maximum absolute atomic E-state index is 10.3. The van der Waals surface area contributed by atoms with E-state index in [-0.39, 0.29) is 55.7 Å². The molecule has 0 unspecified atom stereocenters. The van der Waals surface area contributed by atoms with Crippen molar-refractivity contribution in [2.75, 3.05) is 21.3 Å². The molecule has 0 fully saturated rings. The molecule has 0 bridgehead atoms. The first-order valence-corrected chi connectivity index (χ1v) is 7.67. The number of aliphatic imine (C=N–C) groups is 1. The molecule has 1 radical (unpaired) electrons. The van der Waals surface area contributed by atoms with Crippen molar-refractivity contribution in [3.63, 3.8) is 0 Å². The molecule has 0 aliphatic heterocycles. The van der Waals surface area contributed by atoms with Gasteiger partial charge in [0.1, 0.15) is 11.4 Å². The van der Waals surface area contributed by atoms with Gasteiger partial charge in [-0.15, -0.1) is 0 Å². The Kier molecular flexibility index (Phi) is 15.5. The van der Waals surface area contributed by atoms with Crippen molar-refractivity contribution in [1.29, 1.82) is 0 Å². The number of phenols is 1. The summed E-state index contributed by atoms with van der Waals surface area (Å²) < 4.78 is 16.0. The minimum atomic E-state index is 0. The van der Waals surface area contributed by atoms with Gasteiger partial charge >= 0.3 is 21.7 Å². The Balaban J connectivity index is -0.00000156. The summed E-state index contributed by atoms with van der Waals surface area (Å²) in [6.07, 6.45) is 1.66. The van der Waals surface area contributed by atoms with E-state index >= 15 is 0 Å². The van der Waals surface area contributed by atoms with Gasteiger partial charge in [0.15, 0.2) is 11.5 Å². The van der Waals surface area contributed by atoms with E-state index in [4.69, 9.17) is 14.2 Å². The van der Waals surface area contributed by atoms with E-state index in [9.17, 15) is 5.11 Å². The molecule has 0 heterocycles. The third-order valence-corrected chi connectivity index (χ3v) is 3.71. The predicted octanol–water partition coefficient (Wildman–Crippen LogP) is 5.64. The summed E-state index contributed by atoms with van der Waals surface area (Å²) in [5, 5.41) is 10.3. The third kappa shape index (κ3) is 6.88. The Morgan fingerprint density at radius 1 is 0.929 bits per heavy atom. The minimum Gasteiger partial charge on any atom is -0.505 e. The van der Waals surface area contributed by atoms with Crippen LogP contribution >= 0.6 is 0 Å². The summed E-state index contributed by atoms with van der Waals surface area (Å²) in [4.78, 5) is 4.40. The first kappa shape index (κ1) is 30.7. The molecule has 0 saturated carbocycles. The molecule has 153 valence electrons. The number of hydrogen-bond acceptors (Lipinski definition) is 5. The smallest absolute Gasteiger partial charge is 0.505 e. The number of hydrogen-bond donors (Lipinski definition) is 1. The number of nitrogens with zero attached hydrogens (tertiary/aromatic N) is 1. The molecule has 5 nitrogen and oxygen atoms in total. The quantitative estimate of drug-likeness (QED) is 0.372. The molecule has 0 atom stereocenters. The van der Waals surface area contributed by atoms with Gasteiger partial charge in [0.2, 0.25) is 5.75 Å². The molecule has 0 aromatic heterocycles. The molecule has 0 aliphatic rings. The zero-order valence-corrected chi connectivity index (χ0v) is 19.7. The van der Waals surface area contributed by atoms with Crippen LogP contribution in [0.3, 0.4) is 0 Å². The number of rotatable bonds is 6. The molecule has 1 N–H and O–H groups in total. The van der Waals surface area contributed by atoms with Crippen molar-refractivity contribution in [3.8, 4) is 23.0 Å². The minimum absolute atomic E-state index is 0. The fourth-order valence-corrected chi connectivity index (χ4v) is 2.44. The molecule has 0 amide bonds. The number of ether oxygens (including phenoxy) is 3. The van der Waals surface area contributed by atoms with Crippen LogP contribution in [0.15, 0.2) is 35.3 Å². The molecule has 2 rings (SSSR count). The summed E-state index contributed by atoms with van der Waals surface area (Å²) in [6, 6.07) is 9.16. The fraction of sp³-hybridized carbons (Fsp3) is 0.273. The fourth-order valence-electron chi connectivity index (χ4n) is 2.44. The largest absolute Gasteiger partial charge is 3.00 e. The summed E-state index contributed by atoms with van der Waals surface area (Å²) in [6.45, 7) is 4.06. The molecule has 2 aromatic carbocycles. The Morgan fingerprint density at radius 3 is 1.89 bits per heavy atom. The van der Waals surface area contributed by atoms with Crippen LogP contribution in [-0.4, -0.2) is 32.7 Å². The van der Waals surface area contributed by atoms with E-state index in [1.165, 1.54) is 0 Å². The molecule has 28 heavy (non-hydrogen) atoms. The monoisotopic (exact) mass is 422 g/mol. The average Bonchev–Trinajstić information content (AvgIpc) is 2.59. The maximum Gasteiger partial charge on any atom is 3.00 e. The van der Waals surface area contributed by atoms with Crippen LogP contribution in [0.2, 0.25) is 0 Å². The SMILES string of the molecule is COc1cc(C=Nc2cccc(C(C)C)c2O)cc(OC)c1OC.[CH3-].[CH3-].[CH3-].[Ti+3]. The topological polar surface area (TPSA) is 60.3 Å². The second-order valence-electron chi connectivity index (χ2n) is 5.59. The van der Waals surface area contributed by atoms with E-state index in [2.05, 4.69) is 4.99 Å². The number of para-hydroxylation sites is 1. The summed E-state index contributed by atoms with van der Waals surface area (Å²) in [7, 11) is 4.69. The zero-order valence-electron chi connectivity index (χ0n) is 18.2. The summed E-state index contributed by atoms with van der Waals surface area (Å²) >= 11 is 0. The second-order valence-corrected chi connectivity index (χ2v) is 5.59. The van der Waals surface area contributed by atoms with Gasteiger partial charge in [-0.25, -0.2) is 0 Å². The van der Waals surface area contributed by atoms with Crippen LogP contribution < -0.4 is 14.2 Å². The van der Waals surface area contributed by atoms with E-state index in [0.717, 1.165) is 11.1 Å². The van der Waals surface area contributed by atoms with Gasteiger partial charge < -0.3 is 41.6 Å². The van der Waals surface area contributed by atoms with Gasteiger partial charge in [-0.3, -0.25) is 4.99 Å². The van der Waals surface area contributed by atoms with E-state index in [1.807, 2.05) is 26.0 Å². The summed E-state index contributed by atoms with van der Waals surface area (Å²) in [5.74, 6) is 2.07. The normalized spacial score (nSPS) is 9.50. The molecule has 0 spiro atoms. The number of benzene rings is 2. The third-order valence-electron chi connectivity index (χ3n) is 3.71. The Labute approximate surface area is 185 Å².